The van der Waals surface area contributed by atoms with E-state index < -0.39 is 26.2 Å². The van der Waals surface area contributed by atoms with Crippen LogP contribution in [0.1, 0.15) is 5.56 Å². The summed E-state index contributed by atoms with van der Waals surface area (Å²) in [6, 6.07) is 5.31. The Balaban J connectivity index is 2.24. The molecule has 2 N–H and O–H groups in total. The van der Waals surface area contributed by atoms with E-state index in [2.05, 4.69) is 25.6 Å². The maximum atomic E-state index is 13.5. The summed E-state index contributed by atoms with van der Waals surface area (Å²) in [6.45, 7) is -0.248. The van der Waals surface area contributed by atoms with E-state index in [1.54, 1.807) is 0 Å². The summed E-state index contributed by atoms with van der Waals surface area (Å²) >= 11 is 3.17. The van der Waals surface area contributed by atoms with Gasteiger partial charge in [0.2, 0.25) is 15.5 Å². The van der Waals surface area contributed by atoms with Crippen molar-refractivity contribution in [2.24, 2.45) is 0 Å². The molecule has 20 heavy (non-hydrogen) atoms. The van der Waals surface area contributed by atoms with Gasteiger partial charge in [0.15, 0.2) is 0 Å². The minimum atomic E-state index is -3.99. The lowest BCUT2D eigenvalue weighted by Gasteiger charge is -2.07. The first-order valence-corrected chi connectivity index (χ1v) is 7.78. The third-order valence-corrected chi connectivity index (χ3v) is 4.45. The predicted molar refractivity (Wildman–Crippen MR) is 75.2 cm³/mol. The average molecular weight is 361 g/mol. The summed E-state index contributed by atoms with van der Waals surface area (Å²) < 4.78 is 40.2. The molecule has 0 amide bonds. The lowest BCUT2D eigenvalue weighted by molar-refractivity contribution is 0.573. The van der Waals surface area contributed by atoms with Gasteiger partial charge in [-0.25, -0.2) is 17.5 Å². The van der Waals surface area contributed by atoms with Crippen molar-refractivity contribution in [1.29, 1.82) is 0 Å². The first-order valence-electron chi connectivity index (χ1n) is 5.51. The molecule has 0 saturated heterocycles. The van der Waals surface area contributed by atoms with Crippen LogP contribution >= 0.6 is 15.9 Å². The fourth-order valence-corrected chi connectivity index (χ4v) is 3.01. The highest BCUT2D eigenvalue weighted by atomic mass is 79.9. The fourth-order valence-electron chi connectivity index (χ4n) is 1.54. The number of halogens is 2. The monoisotopic (exact) mass is 360 g/mol. The molecular weight excluding hydrogens is 351 g/mol. The summed E-state index contributed by atoms with van der Waals surface area (Å²) in [6.07, 6.45) is 2.41. The quantitative estimate of drug-likeness (QED) is 0.871. The van der Waals surface area contributed by atoms with Gasteiger partial charge >= 0.3 is 0 Å². The lowest BCUT2D eigenvalue weighted by atomic mass is 10.2. The second-order valence-electron chi connectivity index (χ2n) is 3.93. The van der Waals surface area contributed by atoms with Crippen molar-refractivity contribution in [3.05, 3.63) is 62.7 Å². The van der Waals surface area contributed by atoms with Crippen LogP contribution in [-0.4, -0.2) is 13.4 Å². The standard InChI is InChI=1S/C12H10BrFN2O3S/c13-9-1-2-10(14)8(5-9)6-16-20(18,19)12-7-15-4-3-11(12)17/h1-5,7,16H,6H2,(H,15,17). The molecule has 2 aromatic rings. The molecule has 1 aromatic heterocycles. The van der Waals surface area contributed by atoms with Crippen LogP contribution in [0.25, 0.3) is 0 Å². The molecule has 0 aliphatic heterocycles. The van der Waals surface area contributed by atoms with Crippen LogP contribution in [0, 0.1) is 5.82 Å². The Morgan fingerprint density at radius 2 is 2.05 bits per heavy atom. The Morgan fingerprint density at radius 3 is 2.75 bits per heavy atom. The molecule has 2 rings (SSSR count). The molecule has 1 aromatic carbocycles. The van der Waals surface area contributed by atoms with Crippen LogP contribution in [0.3, 0.4) is 0 Å². The molecule has 0 bridgehead atoms. The van der Waals surface area contributed by atoms with E-state index in [0.29, 0.717) is 4.47 Å². The van der Waals surface area contributed by atoms with E-state index in [1.165, 1.54) is 24.4 Å². The van der Waals surface area contributed by atoms with Crippen molar-refractivity contribution in [2.45, 2.75) is 11.4 Å². The van der Waals surface area contributed by atoms with Gasteiger partial charge in [-0.1, -0.05) is 15.9 Å². The van der Waals surface area contributed by atoms with Gasteiger partial charge in [-0.3, -0.25) is 4.79 Å². The first-order chi connectivity index (χ1) is 9.40. The predicted octanol–water partition coefficient (Wildman–Crippen LogP) is 1.75. The molecule has 0 saturated carbocycles. The number of aromatic amines is 1. The van der Waals surface area contributed by atoms with Gasteiger partial charge in [0.05, 0.1) is 0 Å². The number of nitrogens with one attached hydrogen (secondary N) is 2. The molecule has 0 aliphatic rings. The normalized spacial score (nSPS) is 11.5. The van der Waals surface area contributed by atoms with Crippen LogP contribution < -0.4 is 10.2 Å². The molecule has 5 nitrogen and oxygen atoms in total. The number of hydrogen-bond donors (Lipinski definition) is 2. The van der Waals surface area contributed by atoms with Gasteiger partial charge < -0.3 is 4.98 Å². The van der Waals surface area contributed by atoms with Crippen molar-refractivity contribution < 1.29 is 12.8 Å². The van der Waals surface area contributed by atoms with Crippen molar-refractivity contribution in [2.75, 3.05) is 0 Å². The van der Waals surface area contributed by atoms with Crippen LogP contribution in [0.4, 0.5) is 4.39 Å². The van der Waals surface area contributed by atoms with Crippen LogP contribution in [0.2, 0.25) is 0 Å². The van der Waals surface area contributed by atoms with Gasteiger partial charge in [0, 0.05) is 35.0 Å². The Hall–Kier alpha value is -1.51. The summed E-state index contributed by atoms with van der Waals surface area (Å²) in [4.78, 5) is 13.6. The minimum absolute atomic E-state index is 0.176. The van der Waals surface area contributed by atoms with E-state index in [1.807, 2.05) is 0 Å². The number of benzene rings is 1. The van der Waals surface area contributed by atoms with Crippen molar-refractivity contribution >= 4 is 26.0 Å². The molecule has 0 fully saturated rings. The number of hydrogen-bond acceptors (Lipinski definition) is 3. The van der Waals surface area contributed by atoms with E-state index >= 15 is 0 Å². The van der Waals surface area contributed by atoms with Crippen molar-refractivity contribution in [3.63, 3.8) is 0 Å². The highest BCUT2D eigenvalue weighted by molar-refractivity contribution is 9.10. The second-order valence-corrected chi connectivity index (χ2v) is 6.58. The Kier molecular flexibility index (Phi) is 4.36. The third-order valence-electron chi connectivity index (χ3n) is 2.54. The lowest BCUT2D eigenvalue weighted by Crippen LogP contribution is -2.28. The number of H-pyrrole nitrogens is 1. The molecule has 0 atom stereocenters. The van der Waals surface area contributed by atoms with Crippen LogP contribution in [-0.2, 0) is 16.6 Å². The average Bonchev–Trinajstić information content (AvgIpc) is 2.40. The van der Waals surface area contributed by atoms with Gasteiger partial charge in [0.25, 0.3) is 0 Å². The zero-order chi connectivity index (χ0) is 14.8. The number of rotatable bonds is 4. The molecule has 0 radical (unpaired) electrons. The van der Waals surface area contributed by atoms with Crippen LogP contribution in [0.5, 0.6) is 0 Å². The first kappa shape index (κ1) is 14.9. The van der Waals surface area contributed by atoms with E-state index in [9.17, 15) is 17.6 Å². The maximum absolute atomic E-state index is 13.5. The molecule has 0 spiro atoms. The largest absolute Gasteiger partial charge is 0.366 e. The minimum Gasteiger partial charge on any atom is -0.366 e. The van der Waals surface area contributed by atoms with Gasteiger partial charge in [-0.05, 0) is 18.2 Å². The highest BCUT2D eigenvalue weighted by Gasteiger charge is 2.17. The molecule has 8 heteroatoms. The molecule has 0 unspecified atom stereocenters. The van der Waals surface area contributed by atoms with E-state index in [0.717, 1.165) is 12.3 Å². The topological polar surface area (TPSA) is 79.0 Å². The highest BCUT2D eigenvalue weighted by Crippen LogP contribution is 2.16. The molecular formula is C12H10BrFN2O3S. The molecule has 0 aliphatic carbocycles. The second kappa shape index (κ2) is 5.86. The molecule has 106 valence electrons. The number of pyridine rings is 1. The van der Waals surface area contributed by atoms with Crippen LogP contribution in [0.15, 0.2) is 50.8 Å². The van der Waals surface area contributed by atoms with Gasteiger partial charge in [0.1, 0.15) is 10.7 Å². The Bertz CT molecular complexity index is 789. The summed E-state index contributed by atoms with van der Waals surface area (Å²) in [5.41, 5.74) is -0.457. The smallest absolute Gasteiger partial charge is 0.246 e. The van der Waals surface area contributed by atoms with Gasteiger partial charge in [-0.15, -0.1) is 0 Å². The van der Waals surface area contributed by atoms with Crippen molar-refractivity contribution in [3.8, 4) is 0 Å². The Morgan fingerprint density at radius 1 is 1.30 bits per heavy atom. The Labute approximate surface area is 123 Å². The van der Waals surface area contributed by atoms with Gasteiger partial charge in [-0.2, -0.15) is 0 Å². The number of aromatic nitrogens is 1. The fraction of sp³-hybridized carbons (Fsp3) is 0.0833. The summed E-state index contributed by atoms with van der Waals surface area (Å²) in [7, 11) is -3.99. The van der Waals surface area contributed by atoms with Crippen molar-refractivity contribution in [1.82, 2.24) is 9.71 Å². The maximum Gasteiger partial charge on any atom is 0.246 e. The zero-order valence-corrected chi connectivity index (χ0v) is 12.5. The summed E-state index contributed by atoms with van der Waals surface area (Å²) in [5.74, 6) is -0.530. The summed E-state index contributed by atoms with van der Waals surface area (Å²) in [5, 5.41) is 0. The third kappa shape index (κ3) is 3.33. The molecule has 1 heterocycles. The van der Waals surface area contributed by atoms with E-state index in [-0.39, 0.29) is 12.1 Å². The van der Waals surface area contributed by atoms with E-state index in [4.69, 9.17) is 0 Å². The SMILES string of the molecule is O=c1cc[nH]cc1S(=O)(=O)NCc1cc(Br)ccc1F. The number of sulfonamides is 1. The zero-order valence-electron chi connectivity index (χ0n) is 10.1.